The molecule has 0 aliphatic carbocycles. The molecule has 3 aliphatic rings. The first kappa shape index (κ1) is 37.3. The van der Waals surface area contributed by atoms with E-state index in [-0.39, 0.29) is 53.9 Å². The molecule has 1 unspecified atom stereocenters. The number of hydrogen-bond donors (Lipinski definition) is 4. The third kappa shape index (κ3) is 7.65. The van der Waals surface area contributed by atoms with Crippen molar-refractivity contribution in [1.82, 2.24) is 30.1 Å². The lowest BCUT2D eigenvalue weighted by Crippen LogP contribution is -2.54. The van der Waals surface area contributed by atoms with Crippen LogP contribution >= 0.6 is 11.6 Å². The number of imide groups is 2. The first-order chi connectivity index (χ1) is 26.5. The van der Waals surface area contributed by atoms with Crippen LogP contribution in [0.1, 0.15) is 46.4 Å². The molecule has 18 heteroatoms. The van der Waals surface area contributed by atoms with Crippen LogP contribution in [0.25, 0.3) is 10.9 Å². The Hall–Kier alpha value is -6.07. The van der Waals surface area contributed by atoms with Crippen molar-refractivity contribution >= 4 is 75.2 Å². The van der Waals surface area contributed by atoms with E-state index in [0.29, 0.717) is 65.3 Å². The number of rotatable bonds is 12. The number of anilines is 4. The maximum absolute atomic E-state index is 13.4. The van der Waals surface area contributed by atoms with Crippen LogP contribution in [-0.2, 0) is 26.2 Å². The Kier molecular flexibility index (Phi) is 10.7. The molecule has 55 heavy (non-hydrogen) atoms. The highest BCUT2D eigenvalue weighted by atomic mass is 35.5. The highest BCUT2D eigenvalue weighted by Crippen LogP contribution is 2.33. The standard InChI is InChI=1S/C37H38ClN9O8/c1-39-30(49)19-55-28-17-20-16-21(6-7-26(20)45(2)35(28)52)42-32-24(38)18-41-37(44-32)46-13-10-22(11-14-46)54-15-12-40-25-5-3-4-23-31(25)36(53)47(34(23)51)27-8-9-29(48)43-33(27)50/h3-7,16-18,22,27,40H,8-15,19H2,1-2H3,(H,39,49)(H,41,42,44)(H,43,48,50). The maximum atomic E-state index is 13.4. The SMILES string of the molecule is CNC(=O)COc1cc2cc(Nc3nc(N4CCC(OCCNc5cccc6c5C(=O)N(C5CCC(=O)NC5=O)C6=O)CC4)ncc3Cl)ccc2n(C)c1=O. The van der Waals surface area contributed by atoms with Crippen molar-refractivity contribution in [3.05, 3.63) is 75.2 Å². The van der Waals surface area contributed by atoms with Gasteiger partial charge >= 0.3 is 0 Å². The van der Waals surface area contributed by atoms with E-state index in [2.05, 4.69) is 31.2 Å². The highest BCUT2D eigenvalue weighted by Gasteiger charge is 2.45. The number of amides is 5. The predicted octanol–water partition coefficient (Wildman–Crippen LogP) is 2.35. The van der Waals surface area contributed by atoms with Gasteiger partial charge in [0.2, 0.25) is 17.8 Å². The summed E-state index contributed by atoms with van der Waals surface area (Å²) < 4.78 is 13.1. The number of carbonyl (C=O) groups is 5. The van der Waals surface area contributed by atoms with Crippen LogP contribution in [0.2, 0.25) is 5.02 Å². The molecule has 2 fully saturated rings. The van der Waals surface area contributed by atoms with Crippen molar-refractivity contribution in [2.45, 2.75) is 37.8 Å². The van der Waals surface area contributed by atoms with Gasteiger partial charge in [-0.2, -0.15) is 4.98 Å². The Labute approximate surface area is 319 Å². The summed E-state index contributed by atoms with van der Waals surface area (Å²) in [6.07, 6.45) is 3.10. The van der Waals surface area contributed by atoms with Gasteiger partial charge in [0.05, 0.1) is 35.6 Å². The topological polar surface area (TPSA) is 206 Å². The van der Waals surface area contributed by atoms with E-state index >= 15 is 0 Å². The number of fused-ring (bicyclic) bond motifs is 2. The molecule has 3 aliphatic heterocycles. The van der Waals surface area contributed by atoms with Crippen LogP contribution in [0.5, 0.6) is 5.75 Å². The fraction of sp³-hybridized carbons (Fsp3) is 0.351. The van der Waals surface area contributed by atoms with Gasteiger partial charge < -0.3 is 34.9 Å². The highest BCUT2D eigenvalue weighted by molar-refractivity contribution is 6.33. The minimum atomic E-state index is -1.03. The third-order valence-electron chi connectivity index (χ3n) is 9.79. The lowest BCUT2D eigenvalue weighted by molar-refractivity contribution is -0.136. The Bertz CT molecular complexity index is 2270. The quantitative estimate of drug-likeness (QED) is 0.121. The van der Waals surface area contributed by atoms with Gasteiger partial charge in [0.1, 0.15) is 11.1 Å². The smallest absolute Gasteiger partial charge is 0.293 e. The molecule has 2 saturated heterocycles. The number of hydrogen-bond acceptors (Lipinski definition) is 13. The first-order valence-electron chi connectivity index (χ1n) is 17.7. The van der Waals surface area contributed by atoms with Crippen LogP contribution in [-0.4, -0.2) is 101 Å². The first-order valence-corrected chi connectivity index (χ1v) is 18.1. The number of aromatic nitrogens is 3. The Morgan fingerprint density at radius 2 is 1.84 bits per heavy atom. The van der Waals surface area contributed by atoms with Gasteiger partial charge in [0.25, 0.3) is 23.3 Å². The number of carbonyl (C=O) groups excluding carboxylic acids is 5. The number of nitrogens with zero attached hydrogens (tertiary/aromatic N) is 5. The summed E-state index contributed by atoms with van der Waals surface area (Å²) in [6.45, 7) is 1.72. The van der Waals surface area contributed by atoms with E-state index < -0.39 is 29.7 Å². The summed E-state index contributed by atoms with van der Waals surface area (Å²) in [5.41, 5.74) is 1.86. The van der Waals surface area contributed by atoms with E-state index in [0.717, 1.165) is 17.7 Å². The summed E-state index contributed by atoms with van der Waals surface area (Å²) in [7, 11) is 3.12. The maximum Gasteiger partial charge on any atom is 0.293 e. The van der Waals surface area contributed by atoms with Gasteiger partial charge in [0.15, 0.2) is 18.2 Å². The van der Waals surface area contributed by atoms with Gasteiger partial charge in [-0.3, -0.25) is 39.0 Å². The average molecular weight is 772 g/mol. The summed E-state index contributed by atoms with van der Waals surface area (Å²) in [5.74, 6) is -1.60. The average Bonchev–Trinajstić information content (AvgIpc) is 3.44. The lowest BCUT2D eigenvalue weighted by atomic mass is 10.0. The molecule has 5 amide bonds. The van der Waals surface area contributed by atoms with E-state index in [4.69, 9.17) is 26.1 Å². The van der Waals surface area contributed by atoms with Gasteiger partial charge in [0, 0.05) is 56.9 Å². The van der Waals surface area contributed by atoms with Gasteiger partial charge in [-0.1, -0.05) is 17.7 Å². The number of aryl methyl sites for hydroxylation is 1. The number of pyridine rings is 1. The predicted molar refractivity (Wildman–Crippen MR) is 202 cm³/mol. The Balaban J connectivity index is 0.925. The second-order valence-corrected chi connectivity index (χ2v) is 13.7. The zero-order valence-electron chi connectivity index (χ0n) is 30.0. The summed E-state index contributed by atoms with van der Waals surface area (Å²) >= 11 is 6.50. The summed E-state index contributed by atoms with van der Waals surface area (Å²) in [6, 6.07) is 10.9. The fourth-order valence-electron chi connectivity index (χ4n) is 6.88. The van der Waals surface area contributed by atoms with Crippen molar-refractivity contribution in [1.29, 1.82) is 0 Å². The minimum Gasteiger partial charge on any atom is -0.478 e. The molecular formula is C37H38ClN9O8. The van der Waals surface area contributed by atoms with Crippen LogP contribution < -0.4 is 36.5 Å². The molecule has 4 N–H and O–H groups in total. The summed E-state index contributed by atoms with van der Waals surface area (Å²) in [5, 5.41) is 12.2. The zero-order valence-corrected chi connectivity index (χ0v) is 30.8. The fourth-order valence-corrected chi connectivity index (χ4v) is 7.02. The molecular weight excluding hydrogens is 734 g/mol. The molecule has 17 nitrogen and oxygen atoms in total. The molecule has 1 atom stereocenters. The third-order valence-corrected chi connectivity index (χ3v) is 10.1. The van der Waals surface area contributed by atoms with E-state index in [1.807, 2.05) is 6.07 Å². The molecule has 286 valence electrons. The van der Waals surface area contributed by atoms with Gasteiger partial charge in [-0.15, -0.1) is 0 Å². The lowest BCUT2D eigenvalue weighted by Gasteiger charge is -2.32. The molecule has 0 radical (unpaired) electrons. The van der Waals surface area contributed by atoms with Crippen LogP contribution in [0, 0.1) is 0 Å². The second kappa shape index (κ2) is 15.7. The monoisotopic (exact) mass is 771 g/mol. The van der Waals surface area contributed by atoms with Gasteiger partial charge in [-0.05, 0) is 55.7 Å². The number of benzene rings is 2. The minimum absolute atomic E-state index is 0.0190. The van der Waals surface area contributed by atoms with Crippen molar-refractivity contribution in [2.75, 3.05) is 55.4 Å². The number of nitrogens with one attached hydrogen (secondary N) is 4. The van der Waals surface area contributed by atoms with Crippen molar-refractivity contribution in [3.8, 4) is 5.75 Å². The molecule has 0 saturated carbocycles. The molecule has 4 aromatic rings. The van der Waals surface area contributed by atoms with Crippen LogP contribution in [0.3, 0.4) is 0 Å². The molecule has 0 spiro atoms. The Morgan fingerprint density at radius 1 is 1.04 bits per heavy atom. The number of ether oxygens (including phenoxy) is 2. The molecule has 5 heterocycles. The van der Waals surface area contributed by atoms with Gasteiger partial charge in [-0.25, -0.2) is 4.98 Å². The number of piperidine rings is 2. The van der Waals surface area contributed by atoms with Crippen LogP contribution in [0.15, 0.2) is 53.5 Å². The molecule has 7 rings (SSSR count). The van der Waals surface area contributed by atoms with Crippen molar-refractivity contribution in [2.24, 2.45) is 7.05 Å². The Morgan fingerprint density at radius 3 is 2.60 bits per heavy atom. The normalized spacial score (nSPS) is 17.3. The van der Waals surface area contributed by atoms with Crippen LogP contribution in [0.4, 0.5) is 23.1 Å². The van der Waals surface area contributed by atoms with E-state index in [1.165, 1.54) is 11.6 Å². The summed E-state index contributed by atoms with van der Waals surface area (Å²) in [4.78, 5) is 87.1. The van der Waals surface area contributed by atoms with Crippen molar-refractivity contribution in [3.63, 3.8) is 0 Å². The van der Waals surface area contributed by atoms with Crippen molar-refractivity contribution < 1.29 is 33.4 Å². The number of halogens is 1. The second-order valence-electron chi connectivity index (χ2n) is 13.3. The largest absolute Gasteiger partial charge is 0.478 e. The molecule has 2 aromatic heterocycles. The molecule has 0 bridgehead atoms. The molecule has 2 aromatic carbocycles. The zero-order chi connectivity index (χ0) is 38.8. The number of likely N-dealkylation sites (N-methyl/N-ethyl adjacent to an activating group) is 1. The van der Waals surface area contributed by atoms with E-state index in [9.17, 15) is 28.8 Å². The van der Waals surface area contributed by atoms with E-state index in [1.54, 1.807) is 49.6 Å².